The van der Waals surface area contributed by atoms with E-state index >= 15 is 0 Å². The molecule has 1 aromatic carbocycles. The van der Waals surface area contributed by atoms with Gasteiger partial charge in [-0.25, -0.2) is 0 Å². The third-order valence-electron chi connectivity index (χ3n) is 3.33. The Hall–Kier alpha value is -1.55. The molecule has 1 aromatic rings. The Morgan fingerprint density at radius 2 is 2.21 bits per heavy atom. The number of amides is 1. The lowest BCUT2D eigenvalue weighted by Gasteiger charge is -2.34. The molecule has 0 radical (unpaired) electrons. The van der Waals surface area contributed by atoms with Crippen LogP contribution in [0.15, 0.2) is 24.3 Å². The zero-order valence-corrected chi connectivity index (χ0v) is 11.7. The van der Waals surface area contributed by atoms with Crippen LogP contribution < -0.4 is 16.0 Å². The van der Waals surface area contributed by atoms with Crippen LogP contribution in [-0.4, -0.2) is 31.1 Å². The molecular weight excluding hydrogens is 238 g/mol. The summed E-state index contributed by atoms with van der Waals surface area (Å²) in [6.45, 7) is 5.50. The van der Waals surface area contributed by atoms with Gasteiger partial charge in [-0.3, -0.25) is 4.79 Å². The Morgan fingerprint density at radius 1 is 1.47 bits per heavy atom. The quantitative estimate of drug-likeness (QED) is 0.858. The lowest BCUT2D eigenvalue weighted by Crippen LogP contribution is -2.44. The van der Waals surface area contributed by atoms with E-state index in [2.05, 4.69) is 22.3 Å². The van der Waals surface area contributed by atoms with Crippen molar-refractivity contribution in [2.45, 2.75) is 38.8 Å². The zero-order valence-electron chi connectivity index (χ0n) is 11.7. The molecule has 1 heterocycles. The molecule has 0 spiro atoms. The molecule has 1 unspecified atom stereocenters. The van der Waals surface area contributed by atoms with Crippen LogP contribution in [0.2, 0.25) is 0 Å². The summed E-state index contributed by atoms with van der Waals surface area (Å²) in [5.74, 6) is 0.103. The Morgan fingerprint density at radius 3 is 2.95 bits per heavy atom. The van der Waals surface area contributed by atoms with Gasteiger partial charge in [0.05, 0.1) is 0 Å². The fourth-order valence-electron chi connectivity index (χ4n) is 2.56. The average Bonchev–Trinajstić information content (AvgIpc) is 2.35. The number of carbonyl (C=O) groups excluding carboxylic acids is 1. The number of anilines is 1. The van der Waals surface area contributed by atoms with Gasteiger partial charge in [0.25, 0.3) is 0 Å². The lowest BCUT2D eigenvalue weighted by atomic mass is 9.98. The van der Waals surface area contributed by atoms with Crippen LogP contribution in [0.25, 0.3) is 0 Å². The third-order valence-corrected chi connectivity index (χ3v) is 3.33. The Labute approximate surface area is 115 Å². The zero-order chi connectivity index (χ0) is 13.8. The predicted octanol–water partition coefficient (Wildman–Crippen LogP) is 1.29. The number of fused-ring (bicyclic) bond motifs is 1. The van der Waals surface area contributed by atoms with Gasteiger partial charge in [-0.1, -0.05) is 18.2 Å². The molecule has 2 rings (SSSR count). The van der Waals surface area contributed by atoms with Crippen LogP contribution in [0.1, 0.15) is 25.8 Å². The van der Waals surface area contributed by atoms with Crippen LogP contribution >= 0.6 is 0 Å². The summed E-state index contributed by atoms with van der Waals surface area (Å²) >= 11 is 0. The number of para-hydroxylation sites is 1. The van der Waals surface area contributed by atoms with E-state index in [9.17, 15) is 4.79 Å². The summed E-state index contributed by atoms with van der Waals surface area (Å²) in [4.78, 5) is 13.9. The van der Waals surface area contributed by atoms with E-state index in [-0.39, 0.29) is 18.0 Å². The molecule has 0 bridgehead atoms. The Bertz CT molecular complexity index is 445. The monoisotopic (exact) mass is 261 g/mol. The third kappa shape index (κ3) is 3.70. The van der Waals surface area contributed by atoms with Crippen molar-refractivity contribution in [3.8, 4) is 0 Å². The van der Waals surface area contributed by atoms with Crippen molar-refractivity contribution >= 4 is 11.6 Å². The van der Waals surface area contributed by atoms with Crippen LogP contribution in [0, 0.1) is 0 Å². The minimum Gasteiger partial charge on any atom is -0.369 e. The summed E-state index contributed by atoms with van der Waals surface area (Å²) in [5.41, 5.74) is 8.59. The molecule has 1 amide bonds. The van der Waals surface area contributed by atoms with Crippen LogP contribution in [-0.2, 0) is 11.2 Å². The predicted molar refractivity (Wildman–Crippen MR) is 78.2 cm³/mol. The van der Waals surface area contributed by atoms with Crippen molar-refractivity contribution in [1.29, 1.82) is 0 Å². The highest BCUT2D eigenvalue weighted by atomic mass is 16.1. The first-order chi connectivity index (χ1) is 9.06. The molecular formula is C15H23N3O. The van der Waals surface area contributed by atoms with Gasteiger partial charge in [0.1, 0.15) is 0 Å². The van der Waals surface area contributed by atoms with Crippen LogP contribution in [0.4, 0.5) is 5.69 Å². The van der Waals surface area contributed by atoms with Crippen molar-refractivity contribution in [1.82, 2.24) is 5.32 Å². The van der Waals surface area contributed by atoms with Crippen molar-refractivity contribution in [3.63, 3.8) is 0 Å². The second-order valence-electron chi connectivity index (χ2n) is 5.51. The standard InChI is InChI=1S/C15H23N3O/c1-11(2)17-15(19)7-8-18-10-13(16)9-12-5-3-4-6-14(12)18/h3-6,11,13H,7-10,16H2,1-2H3,(H,17,19). The Kier molecular flexibility index (Phi) is 4.43. The number of carbonyl (C=O) groups is 1. The van der Waals surface area contributed by atoms with E-state index in [1.165, 1.54) is 11.3 Å². The van der Waals surface area contributed by atoms with Crippen molar-refractivity contribution < 1.29 is 4.79 Å². The summed E-state index contributed by atoms with van der Waals surface area (Å²) in [6.07, 6.45) is 1.43. The normalized spacial score (nSPS) is 18.3. The highest BCUT2D eigenvalue weighted by Crippen LogP contribution is 2.26. The Balaban J connectivity index is 1.99. The van der Waals surface area contributed by atoms with Crippen molar-refractivity contribution in [3.05, 3.63) is 29.8 Å². The van der Waals surface area contributed by atoms with Gasteiger partial charge in [-0.05, 0) is 31.9 Å². The maximum atomic E-state index is 11.7. The molecule has 1 atom stereocenters. The smallest absolute Gasteiger partial charge is 0.221 e. The van der Waals surface area contributed by atoms with E-state index in [1.54, 1.807) is 0 Å². The molecule has 19 heavy (non-hydrogen) atoms. The highest BCUT2D eigenvalue weighted by Gasteiger charge is 2.21. The molecule has 4 heteroatoms. The highest BCUT2D eigenvalue weighted by molar-refractivity contribution is 5.77. The van der Waals surface area contributed by atoms with Gasteiger partial charge in [-0.2, -0.15) is 0 Å². The maximum absolute atomic E-state index is 11.7. The second kappa shape index (κ2) is 6.06. The number of hydrogen-bond acceptors (Lipinski definition) is 3. The molecule has 0 saturated heterocycles. The molecule has 1 aliphatic rings. The van der Waals surface area contributed by atoms with Gasteiger partial charge in [0.2, 0.25) is 5.91 Å². The van der Waals surface area contributed by atoms with E-state index in [0.29, 0.717) is 6.42 Å². The molecule has 104 valence electrons. The molecule has 0 aliphatic carbocycles. The van der Waals surface area contributed by atoms with Gasteiger partial charge in [0, 0.05) is 37.3 Å². The SMILES string of the molecule is CC(C)NC(=O)CCN1CC(N)Cc2ccccc21. The fourth-order valence-corrected chi connectivity index (χ4v) is 2.56. The van der Waals surface area contributed by atoms with Gasteiger partial charge in [-0.15, -0.1) is 0 Å². The van der Waals surface area contributed by atoms with Crippen LogP contribution in [0.5, 0.6) is 0 Å². The first-order valence-corrected chi connectivity index (χ1v) is 6.94. The van der Waals surface area contributed by atoms with E-state index < -0.39 is 0 Å². The molecule has 0 aromatic heterocycles. The molecule has 0 saturated carbocycles. The summed E-state index contributed by atoms with van der Waals surface area (Å²) < 4.78 is 0. The van der Waals surface area contributed by atoms with Gasteiger partial charge < -0.3 is 16.0 Å². The largest absolute Gasteiger partial charge is 0.369 e. The number of nitrogens with two attached hydrogens (primary N) is 1. The molecule has 0 fully saturated rings. The average molecular weight is 261 g/mol. The fraction of sp³-hybridized carbons (Fsp3) is 0.533. The van der Waals surface area contributed by atoms with E-state index in [4.69, 9.17) is 5.73 Å². The summed E-state index contributed by atoms with van der Waals surface area (Å²) in [6, 6.07) is 8.67. The summed E-state index contributed by atoms with van der Waals surface area (Å²) in [7, 11) is 0. The number of nitrogens with zero attached hydrogens (tertiary/aromatic N) is 1. The minimum atomic E-state index is 0.103. The molecule has 3 N–H and O–H groups in total. The number of hydrogen-bond donors (Lipinski definition) is 2. The van der Waals surface area contributed by atoms with Crippen molar-refractivity contribution in [2.75, 3.05) is 18.0 Å². The van der Waals surface area contributed by atoms with E-state index in [0.717, 1.165) is 19.5 Å². The summed E-state index contributed by atoms with van der Waals surface area (Å²) in [5, 5.41) is 2.92. The number of benzene rings is 1. The lowest BCUT2D eigenvalue weighted by molar-refractivity contribution is -0.121. The molecule has 1 aliphatic heterocycles. The topological polar surface area (TPSA) is 58.4 Å². The van der Waals surface area contributed by atoms with Gasteiger partial charge in [0.15, 0.2) is 0 Å². The van der Waals surface area contributed by atoms with Crippen molar-refractivity contribution in [2.24, 2.45) is 5.73 Å². The van der Waals surface area contributed by atoms with Crippen LogP contribution in [0.3, 0.4) is 0 Å². The second-order valence-corrected chi connectivity index (χ2v) is 5.51. The maximum Gasteiger partial charge on any atom is 0.221 e. The first-order valence-electron chi connectivity index (χ1n) is 6.94. The number of nitrogens with one attached hydrogen (secondary N) is 1. The first kappa shape index (κ1) is 13.9. The number of rotatable bonds is 4. The van der Waals surface area contributed by atoms with Gasteiger partial charge >= 0.3 is 0 Å². The molecule has 4 nitrogen and oxygen atoms in total. The van der Waals surface area contributed by atoms with E-state index in [1.807, 2.05) is 26.0 Å². The minimum absolute atomic E-state index is 0.103.